The fraction of sp³-hybridized carbons (Fsp3) is 0.200. The highest BCUT2D eigenvalue weighted by Gasteiger charge is 2.17. The van der Waals surface area contributed by atoms with Crippen LogP contribution in [0.4, 0.5) is 10.1 Å². The Morgan fingerprint density at radius 3 is 2.65 bits per heavy atom. The zero-order valence-electron chi connectivity index (χ0n) is 11.0. The van der Waals surface area contributed by atoms with E-state index < -0.39 is 0 Å². The summed E-state index contributed by atoms with van der Waals surface area (Å²) < 4.78 is 14.2. The molecule has 2 aromatic rings. The minimum absolute atomic E-state index is 0.0506. The van der Waals surface area contributed by atoms with Crippen LogP contribution < -0.4 is 10.6 Å². The summed E-state index contributed by atoms with van der Waals surface area (Å²) in [6.07, 6.45) is 0. The van der Waals surface area contributed by atoms with E-state index in [-0.39, 0.29) is 11.9 Å². The van der Waals surface area contributed by atoms with Crippen molar-refractivity contribution in [2.24, 2.45) is 5.73 Å². The molecule has 2 nitrogen and oxygen atoms in total. The van der Waals surface area contributed by atoms with E-state index in [9.17, 15) is 4.39 Å². The lowest BCUT2D eigenvalue weighted by Gasteiger charge is -2.29. The summed E-state index contributed by atoms with van der Waals surface area (Å²) in [4.78, 5) is 1.96. The van der Waals surface area contributed by atoms with Gasteiger partial charge in [-0.05, 0) is 51.8 Å². The fourth-order valence-electron chi connectivity index (χ4n) is 2.11. The van der Waals surface area contributed by atoms with Gasteiger partial charge in [-0.15, -0.1) is 0 Å². The summed E-state index contributed by atoms with van der Waals surface area (Å²) in [6, 6.07) is 12.1. The highest BCUT2D eigenvalue weighted by atomic mass is 79.9. The van der Waals surface area contributed by atoms with E-state index in [1.165, 1.54) is 12.1 Å². The summed E-state index contributed by atoms with van der Waals surface area (Å²) in [5.74, 6) is -0.262. The first-order valence-corrected chi connectivity index (χ1v) is 7.33. The molecule has 0 aromatic heterocycles. The third-order valence-electron chi connectivity index (χ3n) is 3.23. The van der Waals surface area contributed by atoms with Crippen LogP contribution in [0.5, 0.6) is 0 Å². The standard InChI is InChI=1S/C15H15BrClFN2/c1-20(12-4-2-3-11(18)8-12)15(9-19)10-5-6-14(17)13(16)7-10/h2-8,15H,9,19H2,1H3. The van der Waals surface area contributed by atoms with Gasteiger partial charge in [0.15, 0.2) is 0 Å². The summed E-state index contributed by atoms with van der Waals surface area (Å²) in [5, 5.41) is 0.651. The minimum Gasteiger partial charge on any atom is -0.366 e. The summed E-state index contributed by atoms with van der Waals surface area (Å²) in [5.41, 5.74) is 7.69. The number of halogens is 3. The molecule has 0 spiro atoms. The maximum absolute atomic E-state index is 13.3. The van der Waals surface area contributed by atoms with Crippen LogP contribution >= 0.6 is 27.5 Å². The smallest absolute Gasteiger partial charge is 0.125 e. The van der Waals surface area contributed by atoms with Gasteiger partial charge in [0, 0.05) is 23.8 Å². The van der Waals surface area contributed by atoms with Crippen molar-refractivity contribution in [3.05, 3.63) is 63.3 Å². The molecule has 1 atom stereocenters. The number of hydrogen-bond donors (Lipinski definition) is 1. The minimum atomic E-state index is -0.262. The van der Waals surface area contributed by atoms with Crippen LogP contribution in [-0.4, -0.2) is 13.6 Å². The monoisotopic (exact) mass is 356 g/mol. The quantitative estimate of drug-likeness (QED) is 0.880. The molecule has 1 unspecified atom stereocenters. The van der Waals surface area contributed by atoms with Crippen molar-refractivity contribution in [3.8, 4) is 0 Å². The SMILES string of the molecule is CN(c1cccc(F)c1)C(CN)c1ccc(Cl)c(Br)c1. The molecule has 20 heavy (non-hydrogen) atoms. The van der Waals surface area contributed by atoms with Gasteiger partial charge in [0.25, 0.3) is 0 Å². The number of hydrogen-bond acceptors (Lipinski definition) is 2. The Morgan fingerprint density at radius 1 is 1.30 bits per heavy atom. The lowest BCUT2D eigenvalue weighted by Crippen LogP contribution is -2.30. The van der Waals surface area contributed by atoms with E-state index >= 15 is 0 Å². The Kier molecular flexibility index (Phi) is 5.02. The first-order chi connectivity index (χ1) is 9.52. The number of rotatable bonds is 4. The van der Waals surface area contributed by atoms with E-state index in [2.05, 4.69) is 15.9 Å². The van der Waals surface area contributed by atoms with Gasteiger partial charge >= 0.3 is 0 Å². The molecule has 2 N–H and O–H groups in total. The van der Waals surface area contributed by atoms with E-state index in [0.29, 0.717) is 11.6 Å². The van der Waals surface area contributed by atoms with Crippen LogP contribution in [0.15, 0.2) is 46.9 Å². The van der Waals surface area contributed by atoms with Gasteiger partial charge in [-0.2, -0.15) is 0 Å². The van der Waals surface area contributed by atoms with Crippen LogP contribution in [0.2, 0.25) is 5.02 Å². The molecule has 0 aliphatic rings. The van der Waals surface area contributed by atoms with Crippen LogP contribution in [0, 0.1) is 5.82 Å². The van der Waals surface area contributed by atoms with E-state index in [1.54, 1.807) is 6.07 Å². The highest BCUT2D eigenvalue weighted by molar-refractivity contribution is 9.10. The van der Waals surface area contributed by atoms with Gasteiger partial charge in [0.2, 0.25) is 0 Å². The molecular weight excluding hydrogens is 343 g/mol. The molecule has 2 rings (SSSR count). The van der Waals surface area contributed by atoms with Gasteiger partial charge in [-0.25, -0.2) is 4.39 Å². The fourth-order valence-corrected chi connectivity index (χ4v) is 2.63. The van der Waals surface area contributed by atoms with Crippen molar-refractivity contribution in [2.45, 2.75) is 6.04 Å². The normalized spacial score (nSPS) is 12.2. The maximum Gasteiger partial charge on any atom is 0.125 e. The zero-order valence-corrected chi connectivity index (χ0v) is 13.3. The molecule has 106 valence electrons. The topological polar surface area (TPSA) is 29.3 Å². The third kappa shape index (κ3) is 3.32. The molecule has 0 bridgehead atoms. The second-order valence-electron chi connectivity index (χ2n) is 4.52. The Balaban J connectivity index is 2.33. The summed E-state index contributed by atoms with van der Waals surface area (Å²) in [7, 11) is 1.90. The molecule has 0 amide bonds. The predicted octanol–water partition coefficient (Wildman–Crippen LogP) is 4.38. The molecule has 0 aliphatic carbocycles. The van der Waals surface area contributed by atoms with Gasteiger partial charge < -0.3 is 10.6 Å². The average molecular weight is 358 g/mol. The van der Waals surface area contributed by atoms with Crippen LogP contribution in [0.25, 0.3) is 0 Å². The highest BCUT2D eigenvalue weighted by Crippen LogP contribution is 2.30. The molecule has 0 fully saturated rings. The number of nitrogens with zero attached hydrogens (tertiary/aromatic N) is 1. The van der Waals surface area contributed by atoms with Crippen molar-refractivity contribution >= 4 is 33.2 Å². The van der Waals surface area contributed by atoms with Gasteiger partial charge in [0.1, 0.15) is 5.82 Å². The van der Waals surface area contributed by atoms with Crippen LogP contribution in [-0.2, 0) is 0 Å². The van der Waals surface area contributed by atoms with Crippen molar-refractivity contribution in [1.82, 2.24) is 0 Å². The summed E-state index contributed by atoms with van der Waals surface area (Å²) >= 11 is 9.41. The van der Waals surface area contributed by atoms with E-state index in [1.807, 2.05) is 36.2 Å². The van der Waals surface area contributed by atoms with Gasteiger partial charge in [0.05, 0.1) is 11.1 Å². The largest absolute Gasteiger partial charge is 0.366 e. The maximum atomic E-state index is 13.3. The molecular formula is C15H15BrClFN2. The number of benzene rings is 2. The number of nitrogens with two attached hydrogens (primary N) is 1. The van der Waals surface area contributed by atoms with Crippen molar-refractivity contribution in [2.75, 3.05) is 18.5 Å². The third-order valence-corrected chi connectivity index (χ3v) is 4.45. The zero-order chi connectivity index (χ0) is 14.7. The van der Waals surface area contributed by atoms with Crippen LogP contribution in [0.1, 0.15) is 11.6 Å². The van der Waals surface area contributed by atoms with E-state index in [0.717, 1.165) is 15.7 Å². The molecule has 0 heterocycles. The Labute approximate surface area is 131 Å². The Morgan fingerprint density at radius 2 is 2.05 bits per heavy atom. The number of likely N-dealkylation sites (N-methyl/N-ethyl adjacent to an activating group) is 1. The Bertz CT molecular complexity index is 606. The van der Waals surface area contributed by atoms with Crippen molar-refractivity contribution in [1.29, 1.82) is 0 Å². The first-order valence-electron chi connectivity index (χ1n) is 6.16. The van der Waals surface area contributed by atoms with Gasteiger partial charge in [-0.3, -0.25) is 0 Å². The molecule has 2 aromatic carbocycles. The molecule has 5 heteroatoms. The molecule has 0 aliphatic heterocycles. The molecule has 0 saturated heterocycles. The summed E-state index contributed by atoms with van der Waals surface area (Å²) in [6.45, 7) is 0.418. The van der Waals surface area contributed by atoms with Gasteiger partial charge in [-0.1, -0.05) is 23.7 Å². The average Bonchev–Trinajstić information content (AvgIpc) is 2.43. The molecule has 0 saturated carbocycles. The second-order valence-corrected chi connectivity index (χ2v) is 5.78. The number of anilines is 1. The van der Waals surface area contributed by atoms with E-state index in [4.69, 9.17) is 17.3 Å². The molecule has 0 radical (unpaired) electrons. The van der Waals surface area contributed by atoms with Crippen LogP contribution in [0.3, 0.4) is 0 Å². The first kappa shape index (κ1) is 15.3. The Hall–Kier alpha value is -1.10. The van der Waals surface area contributed by atoms with Crippen molar-refractivity contribution in [3.63, 3.8) is 0 Å². The lowest BCUT2D eigenvalue weighted by molar-refractivity contribution is 0.623. The van der Waals surface area contributed by atoms with Crippen molar-refractivity contribution < 1.29 is 4.39 Å². The second kappa shape index (κ2) is 6.57. The lowest BCUT2D eigenvalue weighted by atomic mass is 10.1. The predicted molar refractivity (Wildman–Crippen MR) is 85.8 cm³/mol.